The van der Waals surface area contributed by atoms with Gasteiger partial charge in [0, 0.05) is 6.54 Å². The Kier molecular flexibility index (Phi) is 5.52. The van der Waals surface area contributed by atoms with Crippen molar-refractivity contribution in [3.8, 4) is 0 Å². The highest BCUT2D eigenvalue weighted by Crippen LogP contribution is 2.12. The second-order valence-corrected chi connectivity index (χ2v) is 5.66. The Morgan fingerprint density at radius 2 is 2.00 bits per heavy atom. The van der Waals surface area contributed by atoms with Crippen LogP contribution >= 0.6 is 0 Å². The van der Waals surface area contributed by atoms with Crippen molar-refractivity contribution in [3.05, 3.63) is 41.0 Å². The summed E-state index contributed by atoms with van der Waals surface area (Å²) >= 11 is 0. The number of hydrogen-bond donors (Lipinski definition) is 2. The third kappa shape index (κ3) is 6.12. The van der Waals surface area contributed by atoms with Gasteiger partial charge < -0.3 is 15.2 Å². The Morgan fingerprint density at radius 3 is 2.57 bits per heavy atom. The van der Waals surface area contributed by atoms with Gasteiger partial charge >= 0.3 is 12.1 Å². The van der Waals surface area contributed by atoms with E-state index in [-0.39, 0.29) is 5.56 Å². The molecule has 0 atom stereocenters. The maximum absolute atomic E-state index is 11.4. The van der Waals surface area contributed by atoms with Gasteiger partial charge in [-0.25, -0.2) is 9.59 Å². The molecule has 1 amide bonds. The lowest BCUT2D eigenvalue weighted by Gasteiger charge is -2.19. The number of carbonyl (C=O) groups excluding carboxylic acids is 1. The van der Waals surface area contributed by atoms with E-state index in [4.69, 9.17) is 9.84 Å². The molecule has 5 heteroatoms. The molecular weight excluding hydrogens is 270 g/mol. The van der Waals surface area contributed by atoms with Gasteiger partial charge in [-0.3, -0.25) is 0 Å². The highest BCUT2D eigenvalue weighted by Gasteiger charge is 2.15. The maximum atomic E-state index is 11.4. The molecule has 0 radical (unpaired) electrons. The third-order valence-electron chi connectivity index (χ3n) is 2.57. The molecule has 0 fully saturated rings. The van der Waals surface area contributed by atoms with Crippen molar-refractivity contribution in [1.82, 2.24) is 5.32 Å². The van der Waals surface area contributed by atoms with Crippen molar-refractivity contribution in [2.45, 2.75) is 33.3 Å². The summed E-state index contributed by atoms with van der Waals surface area (Å²) in [6, 6.07) is 5.18. The highest BCUT2D eigenvalue weighted by atomic mass is 16.6. The van der Waals surface area contributed by atoms with Crippen LogP contribution in [-0.4, -0.2) is 29.3 Å². The number of amides is 1. The summed E-state index contributed by atoms with van der Waals surface area (Å²) < 4.78 is 5.09. The van der Waals surface area contributed by atoms with Gasteiger partial charge in [0.15, 0.2) is 0 Å². The number of carboxylic acid groups (broad SMARTS) is 1. The SMILES string of the molecule is Cc1ccc(C=CCNC(=O)OC(C)(C)C)cc1C(=O)O. The Morgan fingerprint density at radius 1 is 1.33 bits per heavy atom. The van der Waals surface area contributed by atoms with Crippen LogP contribution in [0.1, 0.15) is 42.3 Å². The number of aromatic carboxylic acids is 1. The Bertz CT molecular complexity index is 556. The fourth-order valence-electron chi connectivity index (χ4n) is 1.63. The number of ether oxygens (including phenoxy) is 1. The van der Waals surface area contributed by atoms with Crippen LogP contribution in [0.2, 0.25) is 0 Å². The zero-order valence-corrected chi connectivity index (χ0v) is 12.8. The Hall–Kier alpha value is -2.30. The average Bonchev–Trinajstić information content (AvgIpc) is 2.34. The zero-order valence-electron chi connectivity index (χ0n) is 12.8. The number of hydrogen-bond acceptors (Lipinski definition) is 3. The second-order valence-electron chi connectivity index (χ2n) is 5.66. The van der Waals surface area contributed by atoms with Crippen molar-refractivity contribution in [1.29, 1.82) is 0 Å². The van der Waals surface area contributed by atoms with Gasteiger partial charge in [-0.1, -0.05) is 24.3 Å². The maximum Gasteiger partial charge on any atom is 0.407 e. The van der Waals surface area contributed by atoms with Crippen molar-refractivity contribution in [2.24, 2.45) is 0 Å². The molecule has 0 saturated carbocycles. The van der Waals surface area contributed by atoms with Crippen molar-refractivity contribution in [2.75, 3.05) is 6.54 Å². The fraction of sp³-hybridized carbons (Fsp3) is 0.375. The quantitative estimate of drug-likeness (QED) is 0.893. The first-order valence-corrected chi connectivity index (χ1v) is 6.66. The molecule has 0 aromatic heterocycles. The molecule has 0 saturated heterocycles. The number of carbonyl (C=O) groups is 2. The van der Waals surface area contributed by atoms with Crippen LogP contribution < -0.4 is 5.32 Å². The number of rotatable bonds is 4. The summed E-state index contributed by atoms with van der Waals surface area (Å²) in [6.07, 6.45) is 3.01. The smallest absolute Gasteiger partial charge is 0.407 e. The van der Waals surface area contributed by atoms with Crippen molar-refractivity contribution >= 4 is 18.1 Å². The molecule has 0 aliphatic carbocycles. The van der Waals surface area contributed by atoms with E-state index in [0.29, 0.717) is 12.1 Å². The number of alkyl carbamates (subject to hydrolysis) is 1. The van der Waals surface area contributed by atoms with Crippen LogP contribution in [0.25, 0.3) is 6.08 Å². The Labute approximate surface area is 124 Å². The lowest BCUT2D eigenvalue weighted by atomic mass is 10.0. The van der Waals surface area contributed by atoms with E-state index < -0.39 is 17.7 Å². The molecule has 1 aromatic rings. The van der Waals surface area contributed by atoms with E-state index in [1.807, 2.05) is 6.07 Å². The molecule has 0 heterocycles. The molecule has 0 bridgehead atoms. The number of nitrogens with one attached hydrogen (secondary N) is 1. The molecule has 2 N–H and O–H groups in total. The van der Waals surface area contributed by atoms with E-state index in [9.17, 15) is 9.59 Å². The minimum atomic E-state index is -0.949. The average molecular weight is 291 g/mol. The van der Waals surface area contributed by atoms with Gasteiger partial charge in [0.05, 0.1) is 5.56 Å². The van der Waals surface area contributed by atoms with E-state index in [1.54, 1.807) is 52.0 Å². The molecule has 21 heavy (non-hydrogen) atoms. The molecule has 0 aliphatic rings. The lowest BCUT2D eigenvalue weighted by Crippen LogP contribution is -2.32. The largest absolute Gasteiger partial charge is 0.478 e. The van der Waals surface area contributed by atoms with E-state index >= 15 is 0 Å². The topological polar surface area (TPSA) is 75.6 Å². The van der Waals surface area contributed by atoms with E-state index in [2.05, 4.69) is 5.32 Å². The molecule has 114 valence electrons. The van der Waals surface area contributed by atoms with Crippen LogP contribution in [0.4, 0.5) is 4.79 Å². The molecule has 1 rings (SSSR count). The molecule has 0 unspecified atom stereocenters. The van der Waals surface area contributed by atoms with E-state index in [1.165, 1.54) is 0 Å². The van der Waals surface area contributed by atoms with Crippen LogP contribution in [0.15, 0.2) is 24.3 Å². The first-order chi connectivity index (χ1) is 9.69. The number of benzene rings is 1. The summed E-state index contributed by atoms with van der Waals surface area (Å²) in [5.41, 5.74) is 1.23. The van der Waals surface area contributed by atoms with E-state index in [0.717, 1.165) is 5.56 Å². The van der Waals surface area contributed by atoms with Gasteiger partial charge in [0.2, 0.25) is 0 Å². The second kappa shape index (κ2) is 6.92. The fourth-order valence-corrected chi connectivity index (χ4v) is 1.63. The van der Waals surface area contributed by atoms with Crippen LogP contribution in [0.5, 0.6) is 0 Å². The van der Waals surface area contributed by atoms with Crippen LogP contribution in [0, 0.1) is 6.92 Å². The monoisotopic (exact) mass is 291 g/mol. The summed E-state index contributed by atoms with van der Waals surface area (Å²) in [4.78, 5) is 22.4. The third-order valence-corrected chi connectivity index (χ3v) is 2.57. The number of carboxylic acids is 1. The zero-order chi connectivity index (χ0) is 16.0. The molecule has 0 aliphatic heterocycles. The molecular formula is C16H21NO4. The molecule has 5 nitrogen and oxygen atoms in total. The first-order valence-electron chi connectivity index (χ1n) is 6.66. The summed E-state index contributed by atoms with van der Waals surface area (Å²) in [5.74, 6) is -0.949. The highest BCUT2D eigenvalue weighted by molar-refractivity contribution is 5.90. The first kappa shape index (κ1) is 16.8. The van der Waals surface area contributed by atoms with Crippen molar-refractivity contribution in [3.63, 3.8) is 0 Å². The minimum Gasteiger partial charge on any atom is -0.478 e. The van der Waals surface area contributed by atoms with Gasteiger partial charge in [-0.2, -0.15) is 0 Å². The summed E-state index contributed by atoms with van der Waals surface area (Å²) in [6.45, 7) is 7.44. The standard InChI is InChI=1S/C16H21NO4/c1-11-7-8-12(10-13(11)14(18)19)6-5-9-17-15(20)21-16(2,3)4/h5-8,10H,9H2,1-4H3,(H,17,20)(H,18,19). The lowest BCUT2D eigenvalue weighted by molar-refractivity contribution is 0.0533. The predicted octanol–water partition coefficient (Wildman–Crippen LogP) is 3.23. The van der Waals surface area contributed by atoms with Crippen LogP contribution in [-0.2, 0) is 4.74 Å². The van der Waals surface area contributed by atoms with Crippen molar-refractivity contribution < 1.29 is 19.4 Å². The van der Waals surface area contributed by atoms with Gasteiger partial charge in [-0.15, -0.1) is 0 Å². The summed E-state index contributed by atoms with van der Waals surface area (Å²) in [5, 5.41) is 11.6. The number of aryl methyl sites for hydroxylation is 1. The van der Waals surface area contributed by atoms with Gasteiger partial charge in [-0.05, 0) is 44.9 Å². The minimum absolute atomic E-state index is 0.275. The van der Waals surface area contributed by atoms with Gasteiger partial charge in [0.1, 0.15) is 5.60 Å². The Balaban J connectivity index is 2.56. The normalized spacial score (nSPS) is 11.4. The summed E-state index contributed by atoms with van der Waals surface area (Å²) in [7, 11) is 0. The molecule has 0 spiro atoms. The molecule has 1 aromatic carbocycles. The predicted molar refractivity (Wildman–Crippen MR) is 81.4 cm³/mol. The van der Waals surface area contributed by atoms with Gasteiger partial charge in [0.25, 0.3) is 0 Å². The van der Waals surface area contributed by atoms with Crippen LogP contribution in [0.3, 0.4) is 0 Å².